The summed E-state index contributed by atoms with van der Waals surface area (Å²) in [5.74, 6) is -1.19. The van der Waals surface area contributed by atoms with Crippen LogP contribution in [0.5, 0.6) is 5.75 Å². The number of carbonyl (C=O) groups excluding carboxylic acids is 3. The molecule has 0 aromatic heterocycles. The average molecular weight is 461 g/mol. The molecule has 166 valence electrons. The van der Waals surface area contributed by atoms with Gasteiger partial charge in [-0.25, -0.2) is 9.69 Å². The number of nitrogens with zero attached hydrogens (tertiary/aromatic N) is 1. The molecule has 0 bridgehead atoms. The number of amides is 2. The van der Waals surface area contributed by atoms with Gasteiger partial charge in [-0.2, -0.15) is 0 Å². The summed E-state index contributed by atoms with van der Waals surface area (Å²) in [5, 5.41) is 2.71. The lowest BCUT2D eigenvalue weighted by Crippen LogP contribution is -2.32. The SMILES string of the molecule is Cc1ccc(OC(=O)c2ccc(NC3=C(Cl)C(=O)N(c4cc(C)cc(C)c4)C3=O)cc2)cc1. The van der Waals surface area contributed by atoms with Crippen LogP contribution in [0.4, 0.5) is 11.4 Å². The Morgan fingerprint density at radius 3 is 2.03 bits per heavy atom. The molecule has 0 saturated heterocycles. The monoisotopic (exact) mass is 460 g/mol. The number of halogens is 1. The molecule has 3 aromatic rings. The molecule has 2 amide bonds. The molecule has 1 heterocycles. The van der Waals surface area contributed by atoms with Crippen molar-refractivity contribution >= 4 is 40.8 Å². The molecule has 3 aromatic carbocycles. The first-order valence-electron chi connectivity index (χ1n) is 10.3. The van der Waals surface area contributed by atoms with Crippen molar-refractivity contribution in [3.05, 3.63) is 99.7 Å². The number of ether oxygens (including phenoxy) is 1. The van der Waals surface area contributed by atoms with Gasteiger partial charge < -0.3 is 10.1 Å². The zero-order chi connectivity index (χ0) is 23.7. The van der Waals surface area contributed by atoms with E-state index in [2.05, 4.69) is 5.32 Å². The van der Waals surface area contributed by atoms with E-state index >= 15 is 0 Å². The highest BCUT2D eigenvalue weighted by Gasteiger charge is 2.39. The van der Waals surface area contributed by atoms with Crippen LogP contribution < -0.4 is 15.0 Å². The number of benzene rings is 3. The van der Waals surface area contributed by atoms with Crippen molar-refractivity contribution in [3.8, 4) is 5.75 Å². The van der Waals surface area contributed by atoms with E-state index in [1.807, 2.05) is 39.0 Å². The lowest BCUT2D eigenvalue weighted by molar-refractivity contribution is -0.120. The Kier molecular flexibility index (Phi) is 6.03. The highest BCUT2D eigenvalue weighted by Crippen LogP contribution is 2.31. The fraction of sp³-hybridized carbons (Fsp3) is 0.115. The van der Waals surface area contributed by atoms with Crippen molar-refractivity contribution in [3.63, 3.8) is 0 Å². The molecule has 0 saturated carbocycles. The first-order valence-corrected chi connectivity index (χ1v) is 10.6. The third-order valence-corrected chi connectivity index (χ3v) is 5.46. The maximum atomic E-state index is 13.0. The molecule has 0 radical (unpaired) electrons. The van der Waals surface area contributed by atoms with Crippen molar-refractivity contribution in [1.29, 1.82) is 0 Å². The fourth-order valence-corrected chi connectivity index (χ4v) is 3.74. The predicted octanol–water partition coefficient (Wildman–Crippen LogP) is 5.27. The van der Waals surface area contributed by atoms with Gasteiger partial charge in [-0.1, -0.05) is 35.4 Å². The van der Waals surface area contributed by atoms with Gasteiger partial charge in [0, 0.05) is 5.69 Å². The van der Waals surface area contributed by atoms with Crippen molar-refractivity contribution in [2.45, 2.75) is 20.8 Å². The fourth-order valence-electron chi connectivity index (χ4n) is 3.53. The van der Waals surface area contributed by atoms with Crippen LogP contribution in [0.1, 0.15) is 27.0 Å². The minimum atomic E-state index is -0.590. The first kappa shape index (κ1) is 22.3. The molecular formula is C26H21ClN2O4. The molecule has 0 unspecified atom stereocenters. The van der Waals surface area contributed by atoms with Gasteiger partial charge in [0.25, 0.3) is 11.8 Å². The second-order valence-corrected chi connectivity index (χ2v) is 8.26. The summed E-state index contributed by atoms with van der Waals surface area (Å²) in [6.07, 6.45) is 0. The lowest BCUT2D eigenvalue weighted by atomic mass is 10.1. The highest BCUT2D eigenvalue weighted by atomic mass is 35.5. The molecule has 0 spiro atoms. The number of rotatable bonds is 5. The second-order valence-electron chi connectivity index (χ2n) is 7.89. The van der Waals surface area contributed by atoms with E-state index in [1.54, 1.807) is 48.5 Å². The number of esters is 1. The number of hydrogen-bond donors (Lipinski definition) is 1. The summed E-state index contributed by atoms with van der Waals surface area (Å²) in [5.41, 5.74) is 4.20. The topological polar surface area (TPSA) is 75.7 Å². The number of imide groups is 1. The van der Waals surface area contributed by atoms with Crippen LogP contribution in [-0.2, 0) is 9.59 Å². The summed E-state index contributed by atoms with van der Waals surface area (Å²) in [6, 6.07) is 19.0. The van der Waals surface area contributed by atoms with E-state index in [1.165, 1.54) is 0 Å². The second kappa shape index (κ2) is 8.92. The predicted molar refractivity (Wildman–Crippen MR) is 127 cm³/mol. The molecule has 0 fully saturated rings. The van der Waals surface area contributed by atoms with Gasteiger partial charge >= 0.3 is 5.97 Å². The van der Waals surface area contributed by atoms with Gasteiger partial charge in [-0.3, -0.25) is 9.59 Å². The normalized spacial score (nSPS) is 13.5. The maximum absolute atomic E-state index is 13.0. The summed E-state index contributed by atoms with van der Waals surface area (Å²) in [4.78, 5) is 39.1. The Balaban J connectivity index is 1.49. The molecule has 33 heavy (non-hydrogen) atoms. The molecule has 4 rings (SSSR count). The Bertz CT molecular complexity index is 1270. The minimum Gasteiger partial charge on any atom is -0.423 e. The number of hydrogen-bond acceptors (Lipinski definition) is 5. The van der Waals surface area contributed by atoms with E-state index < -0.39 is 17.8 Å². The van der Waals surface area contributed by atoms with E-state index in [9.17, 15) is 14.4 Å². The zero-order valence-electron chi connectivity index (χ0n) is 18.3. The molecule has 1 aliphatic rings. The largest absolute Gasteiger partial charge is 0.423 e. The van der Waals surface area contributed by atoms with Crippen LogP contribution in [0, 0.1) is 20.8 Å². The van der Waals surface area contributed by atoms with Crippen LogP contribution in [0.15, 0.2) is 77.5 Å². The quantitative estimate of drug-likeness (QED) is 0.319. The van der Waals surface area contributed by atoms with E-state index in [-0.39, 0.29) is 10.7 Å². The Labute approximate surface area is 196 Å². The molecule has 1 aliphatic heterocycles. The average Bonchev–Trinajstić information content (AvgIpc) is 2.98. The van der Waals surface area contributed by atoms with Gasteiger partial charge in [0.2, 0.25) is 0 Å². The highest BCUT2D eigenvalue weighted by molar-refractivity contribution is 6.53. The van der Waals surface area contributed by atoms with Crippen molar-refractivity contribution in [1.82, 2.24) is 0 Å². The van der Waals surface area contributed by atoms with Crippen LogP contribution in [0.2, 0.25) is 0 Å². The Morgan fingerprint density at radius 2 is 1.42 bits per heavy atom. The van der Waals surface area contributed by atoms with Crippen LogP contribution in [0.25, 0.3) is 0 Å². The van der Waals surface area contributed by atoms with Gasteiger partial charge in [0.1, 0.15) is 16.5 Å². The van der Waals surface area contributed by atoms with E-state index in [4.69, 9.17) is 16.3 Å². The smallest absolute Gasteiger partial charge is 0.343 e. The van der Waals surface area contributed by atoms with Gasteiger partial charge in [-0.05, 0) is 80.4 Å². The van der Waals surface area contributed by atoms with Crippen molar-refractivity contribution in [2.75, 3.05) is 10.2 Å². The molecular weight excluding hydrogens is 440 g/mol. The third-order valence-electron chi connectivity index (χ3n) is 5.11. The number of nitrogens with one attached hydrogen (secondary N) is 1. The van der Waals surface area contributed by atoms with E-state index in [0.717, 1.165) is 21.6 Å². The number of carbonyl (C=O) groups is 3. The summed E-state index contributed by atoms with van der Waals surface area (Å²) < 4.78 is 5.36. The summed E-state index contributed by atoms with van der Waals surface area (Å²) in [7, 11) is 0. The zero-order valence-corrected chi connectivity index (χ0v) is 19.1. The minimum absolute atomic E-state index is 0.0178. The molecule has 0 aliphatic carbocycles. The van der Waals surface area contributed by atoms with Crippen molar-refractivity contribution in [2.24, 2.45) is 0 Å². The van der Waals surface area contributed by atoms with Gasteiger partial charge in [-0.15, -0.1) is 0 Å². The molecule has 1 N–H and O–H groups in total. The third kappa shape index (κ3) is 4.66. The van der Waals surface area contributed by atoms with Crippen molar-refractivity contribution < 1.29 is 19.1 Å². The Morgan fingerprint density at radius 1 is 0.818 bits per heavy atom. The Hall–Kier alpha value is -3.90. The summed E-state index contributed by atoms with van der Waals surface area (Å²) >= 11 is 6.21. The standard InChI is InChI=1S/C26H21ClN2O4/c1-15-4-10-21(11-5-15)33-26(32)18-6-8-19(9-7-18)28-23-22(27)24(30)29(25(23)31)20-13-16(2)12-17(3)14-20/h4-14,28H,1-3H3. The maximum Gasteiger partial charge on any atom is 0.343 e. The van der Waals surface area contributed by atoms with Gasteiger partial charge in [0.05, 0.1) is 11.3 Å². The van der Waals surface area contributed by atoms with Gasteiger partial charge in [0.15, 0.2) is 0 Å². The van der Waals surface area contributed by atoms with Crippen LogP contribution in [0.3, 0.4) is 0 Å². The number of anilines is 2. The summed E-state index contributed by atoms with van der Waals surface area (Å²) in [6.45, 7) is 5.73. The lowest BCUT2D eigenvalue weighted by Gasteiger charge is -2.16. The van der Waals surface area contributed by atoms with E-state index in [0.29, 0.717) is 22.7 Å². The van der Waals surface area contributed by atoms with Crippen LogP contribution >= 0.6 is 11.6 Å². The molecule has 6 nitrogen and oxygen atoms in total. The first-order chi connectivity index (χ1) is 15.7. The molecule has 7 heteroatoms. The molecule has 0 atom stereocenters. The number of aryl methyl sites for hydroxylation is 3. The van der Waals surface area contributed by atoms with Crippen LogP contribution in [-0.4, -0.2) is 17.8 Å².